The molecule has 1 amide bonds. The predicted octanol–water partition coefficient (Wildman–Crippen LogP) is 5.48. The first-order valence-electron chi connectivity index (χ1n) is 14.3. The number of fused-ring (bicyclic) bond motifs is 1. The van der Waals surface area contributed by atoms with Gasteiger partial charge < -0.3 is 19.7 Å². The van der Waals surface area contributed by atoms with Crippen molar-refractivity contribution in [2.24, 2.45) is 0 Å². The molecule has 0 aromatic heterocycles. The summed E-state index contributed by atoms with van der Waals surface area (Å²) in [6.45, 7) is 2.79. The maximum Gasteiger partial charge on any atom is 0.417 e. The van der Waals surface area contributed by atoms with Crippen LogP contribution in [0.25, 0.3) is 0 Å². The molecule has 0 radical (unpaired) electrons. The average molecular weight is 611 g/mol. The molecule has 2 fully saturated rings. The number of alkyl halides is 6. The smallest absolute Gasteiger partial charge is 0.417 e. The minimum Gasteiger partial charge on any atom is -0.488 e. The topological polar surface area (TPSA) is 77.8 Å². The highest BCUT2D eigenvalue weighted by molar-refractivity contribution is 5.77. The van der Waals surface area contributed by atoms with Gasteiger partial charge in [-0.25, -0.2) is 0 Å². The largest absolute Gasteiger partial charge is 0.488 e. The van der Waals surface area contributed by atoms with Crippen LogP contribution in [0.5, 0.6) is 5.75 Å². The Morgan fingerprint density at radius 1 is 0.977 bits per heavy atom. The van der Waals surface area contributed by atoms with Crippen LogP contribution in [0.1, 0.15) is 47.9 Å². The second-order valence-corrected chi connectivity index (χ2v) is 11.2. The van der Waals surface area contributed by atoms with Crippen LogP contribution in [0.3, 0.4) is 0 Å². The SMILES string of the molecule is N#Cc1ccc(NC2CCC(OCC(=O)N3CCN(C[C@H]4Cc5cc(C(F)(F)F)ccc5O4)CC3)CC2)cc1C(F)(F)F. The first kappa shape index (κ1) is 30.9. The van der Waals surface area contributed by atoms with E-state index in [0.29, 0.717) is 81.8 Å². The van der Waals surface area contributed by atoms with Crippen molar-refractivity contribution in [3.05, 3.63) is 58.7 Å². The van der Waals surface area contributed by atoms with Gasteiger partial charge in [-0.3, -0.25) is 9.69 Å². The molecule has 13 heteroatoms. The van der Waals surface area contributed by atoms with E-state index < -0.39 is 29.0 Å². The molecule has 2 aliphatic heterocycles. The lowest BCUT2D eigenvalue weighted by molar-refractivity contribution is -0.141. The van der Waals surface area contributed by atoms with Crippen molar-refractivity contribution in [3.63, 3.8) is 0 Å². The summed E-state index contributed by atoms with van der Waals surface area (Å²) >= 11 is 0. The monoisotopic (exact) mass is 610 g/mol. The van der Waals surface area contributed by atoms with Gasteiger partial charge in [0.15, 0.2) is 0 Å². The van der Waals surface area contributed by atoms with E-state index in [1.54, 1.807) is 11.0 Å². The lowest BCUT2D eigenvalue weighted by Crippen LogP contribution is -2.51. The molecule has 1 N–H and O–H groups in total. The molecule has 2 aromatic carbocycles. The number of halogens is 6. The number of rotatable bonds is 7. The number of anilines is 1. The highest BCUT2D eigenvalue weighted by Gasteiger charge is 2.35. The van der Waals surface area contributed by atoms with Crippen LogP contribution in [0.2, 0.25) is 0 Å². The Labute approximate surface area is 245 Å². The Morgan fingerprint density at radius 2 is 1.70 bits per heavy atom. The second-order valence-electron chi connectivity index (χ2n) is 11.2. The van der Waals surface area contributed by atoms with Gasteiger partial charge in [-0.2, -0.15) is 31.6 Å². The van der Waals surface area contributed by atoms with Crippen LogP contribution in [0, 0.1) is 11.3 Å². The van der Waals surface area contributed by atoms with Crippen molar-refractivity contribution < 1.29 is 40.6 Å². The Bertz CT molecular complexity index is 1340. The third-order valence-corrected chi connectivity index (χ3v) is 8.25. The van der Waals surface area contributed by atoms with Gasteiger partial charge in [0.05, 0.1) is 28.9 Å². The number of benzene rings is 2. The van der Waals surface area contributed by atoms with E-state index >= 15 is 0 Å². The van der Waals surface area contributed by atoms with E-state index in [1.165, 1.54) is 18.2 Å². The van der Waals surface area contributed by atoms with E-state index in [0.717, 1.165) is 18.2 Å². The lowest BCUT2D eigenvalue weighted by Gasteiger charge is -2.36. The average Bonchev–Trinajstić information content (AvgIpc) is 3.38. The minimum atomic E-state index is -4.61. The fraction of sp³-hybridized carbons (Fsp3) is 0.533. The molecule has 43 heavy (non-hydrogen) atoms. The van der Waals surface area contributed by atoms with Gasteiger partial charge in [0.1, 0.15) is 18.5 Å². The fourth-order valence-corrected chi connectivity index (χ4v) is 5.92. The number of amides is 1. The zero-order valence-electron chi connectivity index (χ0n) is 23.3. The number of piperazine rings is 1. The number of nitriles is 1. The van der Waals surface area contributed by atoms with Gasteiger partial charge in [0.2, 0.25) is 5.91 Å². The van der Waals surface area contributed by atoms with Gasteiger partial charge in [0, 0.05) is 50.9 Å². The van der Waals surface area contributed by atoms with Gasteiger partial charge in [-0.05, 0) is 67.6 Å². The third kappa shape index (κ3) is 7.72. The first-order chi connectivity index (χ1) is 20.4. The van der Waals surface area contributed by atoms with Crippen LogP contribution in [-0.4, -0.2) is 73.3 Å². The molecular weight excluding hydrogens is 578 g/mol. The molecule has 0 bridgehead atoms. The molecule has 1 atom stereocenters. The van der Waals surface area contributed by atoms with Gasteiger partial charge in [-0.15, -0.1) is 0 Å². The van der Waals surface area contributed by atoms with E-state index in [4.69, 9.17) is 14.7 Å². The lowest BCUT2D eigenvalue weighted by atomic mass is 9.92. The van der Waals surface area contributed by atoms with Crippen LogP contribution in [0.15, 0.2) is 36.4 Å². The molecule has 0 unspecified atom stereocenters. The number of carbonyl (C=O) groups is 1. The van der Waals surface area contributed by atoms with Crippen molar-refractivity contribution in [3.8, 4) is 11.8 Å². The first-order valence-corrected chi connectivity index (χ1v) is 14.3. The molecule has 3 aliphatic rings. The summed E-state index contributed by atoms with van der Waals surface area (Å²) in [5, 5.41) is 12.1. The summed E-state index contributed by atoms with van der Waals surface area (Å²) < 4.78 is 90.5. The molecule has 7 nitrogen and oxygen atoms in total. The molecule has 1 saturated carbocycles. The maximum atomic E-state index is 13.3. The molecule has 232 valence electrons. The zero-order chi connectivity index (χ0) is 30.8. The number of ether oxygens (including phenoxy) is 2. The van der Waals surface area contributed by atoms with Crippen LogP contribution in [-0.2, 0) is 28.3 Å². The standard InChI is InChI=1S/C30H32F6N4O3/c31-29(32,33)21-2-8-27-20(13-21)14-25(43-27)17-39-9-11-40(12-10-39)28(41)18-42-24-6-4-22(5-7-24)38-23-3-1-19(16-37)26(15-23)30(34,35)36/h1-3,8,13,15,22,24-25,38H,4-7,9-12,14,17-18H2/t22?,24?,25-/m1/s1. The summed E-state index contributed by atoms with van der Waals surface area (Å²) in [7, 11) is 0. The van der Waals surface area contributed by atoms with Crippen molar-refractivity contribution >= 4 is 11.6 Å². The summed E-state index contributed by atoms with van der Waals surface area (Å²) in [6.07, 6.45) is -6.29. The summed E-state index contributed by atoms with van der Waals surface area (Å²) in [5.41, 5.74) is -1.19. The number of nitrogens with zero attached hydrogens (tertiary/aromatic N) is 3. The van der Waals surface area contributed by atoms with E-state index in [9.17, 15) is 31.1 Å². The predicted molar refractivity (Wildman–Crippen MR) is 144 cm³/mol. The second kappa shape index (κ2) is 12.6. The molecular formula is C30H32F6N4O3. The normalized spacial score (nSPS) is 22.9. The van der Waals surface area contributed by atoms with Crippen molar-refractivity contribution in [1.29, 1.82) is 5.26 Å². The summed E-state index contributed by atoms with van der Waals surface area (Å²) in [6, 6.07) is 8.70. The number of carbonyl (C=O) groups excluding carboxylic acids is 1. The Kier molecular flexibility index (Phi) is 9.08. The Morgan fingerprint density at radius 3 is 2.35 bits per heavy atom. The number of hydrogen-bond donors (Lipinski definition) is 1. The molecule has 0 spiro atoms. The van der Waals surface area contributed by atoms with Gasteiger partial charge in [-0.1, -0.05) is 0 Å². The fourth-order valence-electron chi connectivity index (χ4n) is 5.92. The van der Waals surface area contributed by atoms with Crippen molar-refractivity contribution in [1.82, 2.24) is 9.80 Å². The highest BCUT2D eigenvalue weighted by atomic mass is 19.4. The Hall–Kier alpha value is -3.50. The maximum absolute atomic E-state index is 13.3. The Balaban J connectivity index is 1.000. The molecule has 1 aliphatic carbocycles. The van der Waals surface area contributed by atoms with E-state index in [-0.39, 0.29) is 30.8 Å². The molecule has 2 heterocycles. The quantitative estimate of drug-likeness (QED) is 0.419. The van der Waals surface area contributed by atoms with Crippen LogP contribution in [0.4, 0.5) is 32.0 Å². The van der Waals surface area contributed by atoms with Crippen LogP contribution >= 0.6 is 0 Å². The van der Waals surface area contributed by atoms with Crippen molar-refractivity contribution in [2.45, 2.75) is 62.7 Å². The van der Waals surface area contributed by atoms with E-state index in [2.05, 4.69) is 10.2 Å². The van der Waals surface area contributed by atoms with E-state index in [1.807, 2.05) is 0 Å². The molecule has 1 saturated heterocycles. The summed E-state index contributed by atoms with van der Waals surface area (Å²) in [4.78, 5) is 16.7. The van der Waals surface area contributed by atoms with Crippen molar-refractivity contribution in [2.75, 3.05) is 44.6 Å². The minimum absolute atomic E-state index is 0.0408. The molecule has 5 rings (SSSR count). The highest BCUT2D eigenvalue weighted by Crippen LogP contribution is 2.37. The molecule has 2 aromatic rings. The summed E-state index contributed by atoms with van der Waals surface area (Å²) in [5.74, 6) is 0.375. The van der Waals surface area contributed by atoms with Gasteiger partial charge >= 0.3 is 12.4 Å². The third-order valence-electron chi connectivity index (χ3n) is 8.25. The van der Waals surface area contributed by atoms with Crippen LogP contribution < -0.4 is 10.1 Å². The number of nitrogens with one attached hydrogen (secondary N) is 1. The zero-order valence-corrected chi connectivity index (χ0v) is 23.3. The number of hydrogen-bond acceptors (Lipinski definition) is 6. The van der Waals surface area contributed by atoms with Gasteiger partial charge in [0.25, 0.3) is 0 Å².